The van der Waals surface area contributed by atoms with Crippen molar-refractivity contribution in [2.45, 2.75) is 6.92 Å². The van der Waals surface area contributed by atoms with Crippen LogP contribution >= 0.6 is 0 Å². The molecule has 5 rings (SSSR count). The average Bonchev–Trinajstić information content (AvgIpc) is 3.33. The number of ether oxygens (including phenoxy) is 4. The van der Waals surface area contributed by atoms with Crippen LogP contribution < -0.4 is 18.9 Å². The summed E-state index contributed by atoms with van der Waals surface area (Å²) < 4.78 is 35.6. The lowest BCUT2D eigenvalue weighted by Crippen LogP contribution is -2.08. The Morgan fingerprint density at radius 2 is 1.84 bits per heavy atom. The van der Waals surface area contributed by atoms with Gasteiger partial charge in [-0.25, -0.2) is 9.18 Å². The summed E-state index contributed by atoms with van der Waals surface area (Å²) in [6.45, 7) is 1.82. The molecule has 0 amide bonds. The van der Waals surface area contributed by atoms with Gasteiger partial charge in [0.15, 0.2) is 17.3 Å². The van der Waals surface area contributed by atoms with Gasteiger partial charge in [0, 0.05) is 11.6 Å². The van der Waals surface area contributed by atoms with E-state index in [2.05, 4.69) is 0 Å². The molecule has 0 saturated carbocycles. The maximum absolute atomic E-state index is 13.9. The number of carbonyl (C=O) groups excluding carboxylic acids is 2. The summed E-state index contributed by atoms with van der Waals surface area (Å²) in [5, 5.41) is 0. The number of hydrogen-bond donors (Lipinski definition) is 0. The quantitative estimate of drug-likeness (QED) is 0.349. The Bertz CT molecular complexity index is 1280. The van der Waals surface area contributed by atoms with Gasteiger partial charge in [0.05, 0.1) is 11.1 Å². The van der Waals surface area contributed by atoms with E-state index in [-0.39, 0.29) is 35.4 Å². The molecule has 2 aliphatic heterocycles. The summed E-state index contributed by atoms with van der Waals surface area (Å²) in [5.41, 5.74) is 1.46. The zero-order chi connectivity index (χ0) is 21.5. The molecule has 0 aliphatic carbocycles. The number of allylic oxidation sites excluding steroid dienone is 1. The second-order valence-electron chi connectivity index (χ2n) is 7.03. The van der Waals surface area contributed by atoms with Gasteiger partial charge < -0.3 is 18.9 Å². The lowest BCUT2D eigenvalue weighted by Gasteiger charge is -2.08. The Balaban J connectivity index is 1.41. The molecule has 3 aromatic carbocycles. The fourth-order valence-corrected chi connectivity index (χ4v) is 3.46. The van der Waals surface area contributed by atoms with Crippen molar-refractivity contribution in [2.24, 2.45) is 0 Å². The largest absolute Gasteiger partial charge is 0.454 e. The number of halogens is 1. The van der Waals surface area contributed by atoms with Crippen LogP contribution in [-0.2, 0) is 0 Å². The van der Waals surface area contributed by atoms with Crippen LogP contribution in [0.2, 0.25) is 0 Å². The van der Waals surface area contributed by atoms with Gasteiger partial charge in [0.25, 0.3) is 0 Å². The van der Waals surface area contributed by atoms with Gasteiger partial charge in [-0.3, -0.25) is 4.79 Å². The summed E-state index contributed by atoms with van der Waals surface area (Å²) in [6.07, 6.45) is 1.36. The van der Waals surface area contributed by atoms with Gasteiger partial charge >= 0.3 is 5.97 Å². The average molecular weight is 418 g/mol. The third kappa shape index (κ3) is 3.40. The minimum absolute atomic E-state index is 0.00227. The minimum Gasteiger partial charge on any atom is -0.454 e. The Kier molecular flexibility index (Phi) is 4.43. The second kappa shape index (κ2) is 7.28. The number of aryl methyl sites for hydroxylation is 1. The molecule has 0 atom stereocenters. The summed E-state index contributed by atoms with van der Waals surface area (Å²) in [5.74, 6) is 0.0933. The lowest BCUT2D eigenvalue weighted by molar-refractivity contribution is 0.0734. The monoisotopic (exact) mass is 418 g/mol. The SMILES string of the molecule is Cc1cc(OC(=O)c2ccc3c(c2)OCO3)cc2c1C(=O)/C(=C/c1ccccc1F)O2. The summed E-state index contributed by atoms with van der Waals surface area (Å²) in [4.78, 5) is 25.3. The molecular weight excluding hydrogens is 403 g/mol. The molecule has 31 heavy (non-hydrogen) atoms. The first-order chi connectivity index (χ1) is 15.0. The topological polar surface area (TPSA) is 71.1 Å². The fourth-order valence-electron chi connectivity index (χ4n) is 3.46. The molecule has 6 nitrogen and oxygen atoms in total. The van der Waals surface area contributed by atoms with Crippen LogP contribution in [0.25, 0.3) is 6.08 Å². The maximum Gasteiger partial charge on any atom is 0.343 e. The standard InChI is InChI=1S/C24H15FO6/c1-13-8-16(30-24(27)15-6-7-18-19(10-15)29-12-28-18)11-20-22(13)23(26)21(31-20)9-14-4-2-3-5-17(14)25/h2-11H,12H2,1H3/b21-9-. The Morgan fingerprint density at radius 1 is 1.03 bits per heavy atom. The van der Waals surface area contributed by atoms with Crippen molar-refractivity contribution in [2.75, 3.05) is 6.79 Å². The third-order valence-corrected chi connectivity index (χ3v) is 4.95. The Morgan fingerprint density at radius 3 is 2.68 bits per heavy atom. The van der Waals surface area contributed by atoms with Crippen molar-refractivity contribution < 1.29 is 32.9 Å². The number of Topliss-reactive ketones (excluding diaryl/α,β-unsaturated/α-hetero) is 1. The zero-order valence-electron chi connectivity index (χ0n) is 16.3. The molecule has 0 unspecified atom stereocenters. The van der Waals surface area contributed by atoms with Gasteiger partial charge in [0.1, 0.15) is 17.3 Å². The molecular formula is C24H15FO6. The number of carbonyl (C=O) groups is 2. The second-order valence-corrected chi connectivity index (χ2v) is 7.03. The Hall–Kier alpha value is -4.13. The van der Waals surface area contributed by atoms with Crippen LogP contribution in [0, 0.1) is 12.7 Å². The van der Waals surface area contributed by atoms with Crippen molar-refractivity contribution >= 4 is 17.8 Å². The van der Waals surface area contributed by atoms with Crippen LogP contribution in [-0.4, -0.2) is 18.5 Å². The number of ketones is 1. The minimum atomic E-state index is -0.593. The number of rotatable bonds is 3. The number of fused-ring (bicyclic) bond motifs is 2. The molecule has 0 saturated heterocycles. The molecule has 3 aromatic rings. The fraction of sp³-hybridized carbons (Fsp3) is 0.0833. The van der Waals surface area contributed by atoms with Gasteiger partial charge in [-0.15, -0.1) is 0 Å². The highest BCUT2D eigenvalue weighted by molar-refractivity contribution is 6.15. The molecule has 2 heterocycles. The van der Waals surface area contributed by atoms with E-state index in [4.69, 9.17) is 18.9 Å². The predicted octanol–water partition coefficient (Wildman–Crippen LogP) is 4.70. The molecule has 0 aromatic heterocycles. The molecule has 0 fully saturated rings. The van der Waals surface area contributed by atoms with Crippen molar-refractivity contribution in [1.82, 2.24) is 0 Å². The van der Waals surface area contributed by atoms with Crippen molar-refractivity contribution in [3.05, 3.63) is 88.4 Å². The highest BCUT2D eigenvalue weighted by atomic mass is 19.1. The van der Waals surface area contributed by atoms with Gasteiger partial charge in [-0.05, 0) is 48.9 Å². The first-order valence-corrected chi connectivity index (χ1v) is 9.45. The first kappa shape index (κ1) is 18.9. The van der Waals surface area contributed by atoms with E-state index in [0.717, 1.165) is 0 Å². The number of hydrogen-bond acceptors (Lipinski definition) is 6. The van der Waals surface area contributed by atoms with E-state index in [0.29, 0.717) is 28.2 Å². The van der Waals surface area contributed by atoms with Gasteiger partial charge in [-0.1, -0.05) is 18.2 Å². The van der Waals surface area contributed by atoms with Crippen LogP contribution in [0.1, 0.15) is 31.8 Å². The predicted molar refractivity (Wildman–Crippen MR) is 108 cm³/mol. The van der Waals surface area contributed by atoms with Crippen molar-refractivity contribution in [3.8, 4) is 23.0 Å². The summed E-state index contributed by atoms with van der Waals surface area (Å²) in [6, 6.07) is 13.9. The van der Waals surface area contributed by atoms with E-state index >= 15 is 0 Å². The molecule has 7 heteroatoms. The van der Waals surface area contributed by atoms with Gasteiger partial charge in [0.2, 0.25) is 12.6 Å². The van der Waals surface area contributed by atoms with Crippen molar-refractivity contribution in [1.29, 1.82) is 0 Å². The van der Waals surface area contributed by atoms with E-state index in [1.165, 1.54) is 18.2 Å². The van der Waals surface area contributed by atoms with Crippen LogP contribution in [0.5, 0.6) is 23.0 Å². The molecule has 2 aliphatic rings. The van der Waals surface area contributed by atoms with Crippen molar-refractivity contribution in [3.63, 3.8) is 0 Å². The molecule has 0 bridgehead atoms. The molecule has 0 radical (unpaired) electrons. The number of benzene rings is 3. The van der Waals surface area contributed by atoms with E-state index in [1.54, 1.807) is 49.4 Å². The summed E-state index contributed by atoms with van der Waals surface area (Å²) >= 11 is 0. The van der Waals surface area contributed by atoms with Crippen LogP contribution in [0.4, 0.5) is 4.39 Å². The normalized spacial score (nSPS) is 15.0. The highest BCUT2D eigenvalue weighted by Gasteiger charge is 2.30. The molecule has 154 valence electrons. The molecule has 0 spiro atoms. The smallest absolute Gasteiger partial charge is 0.343 e. The highest BCUT2D eigenvalue weighted by Crippen LogP contribution is 2.38. The maximum atomic E-state index is 13.9. The number of esters is 1. The summed E-state index contributed by atoms with van der Waals surface area (Å²) in [7, 11) is 0. The zero-order valence-corrected chi connectivity index (χ0v) is 16.3. The molecule has 0 N–H and O–H groups in total. The Labute approximate surface area is 176 Å². The van der Waals surface area contributed by atoms with Crippen LogP contribution in [0.15, 0.2) is 60.4 Å². The van der Waals surface area contributed by atoms with E-state index < -0.39 is 11.8 Å². The van der Waals surface area contributed by atoms with E-state index in [1.807, 2.05) is 0 Å². The third-order valence-electron chi connectivity index (χ3n) is 4.95. The lowest BCUT2D eigenvalue weighted by atomic mass is 10.0. The first-order valence-electron chi connectivity index (χ1n) is 9.45. The van der Waals surface area contributed by atoms with Crippen LogP contribution in [0.3, 0.4) is 0 Å². The van der Waals surface area contributed by atoms with E-state index in [9.17, 15) is 14.0 Å². The van der Waals surface area contributed by atoms with Gasteiger partial charge in [-0.2, -0.15) is 0 Å².